The highest BCUT2D eigenvalue weighted by molar-refractivity contribution is 5.92. The van der Waals surface area contributed by atoms with Crippen LogP contribution in [0.4, 0.5) is 0 Å². The van der Waals surface area contributed by atoms with Crippen LogP contribution in [0.15, 0.2) is 11.8 Å². The van der Waals surface area contributed by atoms with Gasteiger partial charge in [0, 0.05) is 50.6 Å². The molecule has 42 heavy (non-hydrogen) atoms. The van der Waals surface area contributed by atoms with Gasteiger partial charge in [-0.05, 0) is 57.4 Å². The Hall–Kier alpha value is -2.42. The quantitative estimate of drug-likeness (QED) is 0.219. The number of rotatable bonds is 15. The van der Waals surface area contributed by atoms with Crippen LogP contribution in [0.5, 0.6) is 0 Å². The first-order valence-electron chi connectivity index (χ1n) is 16.6. The van der Waals surface area contributed by atoms with Crippen molar-refractivity contribution in [3.05, 3.63) is 11.8 Å². The smallest absolute Gasteiger partial charge is 0.320 e. The van der Waals surface area contributed by atoms with Crippen LogP contribution in [0.3, 0.4) is 0 Å². The summed E-state index contributed by atoms with van der Waals surface area (Å²) in [6, 6.07) is 0. The van der Waals surface area contributed by atoms with Crippen molar-refractivity contribution in [3.63, 3.8) is 0 Å². The molecule has 0 aromatic heterocycles. The maximum Gasteiger partial charge on any atom is 0.320 e. The van der Waals surface area contributed by atoms with Gasteiger partial charge in [0.2, 0.25) is 17.7 Å². The zero-order valence-electron chi connectivity index (χ0n) is 26.2. The van der Waals surface area contributed by atoms with Gasteiger partial charge in [-0.3, -0.25) is 19.2 Å². The van der Waals surface area contributed by atoms with Crippen LogP contribution in [0.2, 0.25) is 0 Å². The average molecular weight is 588 g/mol. The van der Waals surface area contributed by atoms with Gasteiger partial charge in [0.1, 0.15) is 5.41 Å². The van der Waals surface area contributed by atoms with E-state index in [-0.39, 0.29) is 36.7 Å². The van der Waals surface area contributed by atoms with Gasteiger partial charge < -0.3 is 24.6 Å². The number of carbonyl (C=O) groups is 4. The second kappa shape index (κ2) is 15.3. The molecule has 1 aliphatic carbocycles. The highest BCUT2D eigenvalue weighted by Crippen LogP contribution is 2.51. The molecule has 0 aromatic rings. The fraction of sp³-hybridized carbons (Fsp3) is 0.818. The molecule has 3 heterocycles. The summed E-state index contributed by atoms with van der Waals surface area (Å²) in [5.41, 5.74) is -0.392. The van der Waals surface area contributed by atoms with E-state index >= 15 is 0 Å². The van der Waals surface area contributed by atoms with E-state index in [1.165, 1.54) is 39.2 Å². The molecule has 4 rings (SSSR count). The Morgan fingerprint density at radius 3 is 2.48 bits per heavy atom. The first-order valence-corrected chi connectivity index (χ1v) is 16.6. The third-order valence-electron chi connectivity index (χ3n) is 9.99. The molecule has 3 aliphatic heterocycles. The standard InChI is InChI=1S/C33H53N3O6/c1-4-5-6-7-8-11-20-36-28-22-27(25-14-9-10-15-25)42-24(2)33(28,32(40)41-3)23-26(31(36)39)21-29(37)34-17-13-19-35-18-12-16-30(35)38/h22,24-27H,4-21,23H2,1-3H3,(H,34,37)/t24-,26+,27-,33+/m1/s1. The third kappa shape index (κ3) is 7.37. The monoisotopic (exact) mass is 587 g/mol. The fourth-order valence-electron chi connectivity index (χ4n) is 7.56. The van der Waals surface area contributed by atoms with E-state index in [4.69, 9.17) is 9.47 Å². The number of piperidine rings is 1. The molecule has 3 amide bonds. The predicted octanol–water partition coefficient (Wildman–Crippen LogP) is 4.74. The van der Waals surface area contributed by atoms with Crippen LogP contribution >= 0.6 is 0 Å². The molecule has 9 nitrogen and oxygen atoms in total. The molecule has 1 saturated carbocycles. The van der Waals surface area contributed by atoms with Crippen molar-refractivity contribution in [3.8, 4) is 0 Å². The summed E-state index contributed by atoms with van der Waals surface area (Å²) in [4.78, 5) is 56.3. The Morgan fingerprint density at radius 1 is 1.05 bits per heavy atom. The number of fused-ring (bicyclic) bond motifs is 1. The van der Waals surface area contributed by atoms with Gasteiger partial charge >= 0.3 is 5.97 Å². The molecular formula is C33H53N3O6. The van der Waals surface area contributed by atoms with E-state index in [0.717, 1.165) is 50.8 Å². The molecule has 0 bridgehead atoms. The van der Waals surface area contributed by atoms with Crippen LogP contribution in [0.1, 0.15) is 110 Å². The van der Waals surface area contributed by atoms with Crippen molar-refractivity contribution in [2.75, 3.05) is 33.3 Å². The minimum atomic E-state index is -1.12. The maximum absolute atomic E-state index is 14.1. The number of amides is 3. The lowest BCUT2D eigenvalue weighted by Crippen LogP contribution is -2.60. The lowest BCUT2D eigenvalue weighted by Gasteiger charge is -2.52. The lowest BCUT2D eigenvalue weighted by molar-refractivity contribution is -0.177. The van der Waals surface area contributed by atoms with Crippen LogP contribution < -0.4 is 5.32 Å². The summed E-state index contributed by atoms with van der Waals surface area (Å²) >= 11 is 0. The summed E-state index contributed by atoms with van der Waals surface area (Å²) in [5.74, 6) is -0.757. The van der Waals surface area contributed by atoms with Gasteiger partial charge in [0.05, 0.1) is 19.3 Å². The van der Waals surface area contributed by atoms with Gasteiger partial charge in [-0.25, -0.2) is 0 Å². The lowest BCUT2D eigenvalue weighted by atomic mass is 9.66. The Morgan fingerprint density at radius 2 is 1.79 bits per heavy atom. The first kappa shape index (κ1) is 32.5. The number of unbranched alkanes of at least 4 members (excludes halogenated alkanes) is 5. The number of methoxy groups -OCH3 is 1. The molecule has 2 saturated heterocycles. The third-order valence-corrected chi connectivity index (χ3v) is 9.99. The van der Waals surface area contributed by atoms with Crippen molar-refractivity contribution in [1.82, 2.24) is 15.1 Å². The van der Waals surface area contributed by atoms with Crippen molar-refractivity contribution in [2.24, 2.45) is 17.3 Å². The zero-order valence-corrected chi connectivity index (χ0v) is 26.2. The molecular weight excluding hydrogens is 534 g/mol. The number of nitrogens with one attached hydrogen (secondary N) is 1. The fourth-order valence-corrected chi connectivity index (χ4v) is 7.56. The molecule has 9 heteroatoms. The van der Waals surface area contributed by atoms with Crippen molar-refractivity contribution >= 4 is 23.7 Å². The normalized spacial score (nSPS) is 28.2. The van der Waals surface area contributed by atoms with Crippen molar-refractivity contribution in [1.29, 1.82) is 0 Å². The van der Waals surface area contributed by atoms with Crippen LogP contribution in [-0.4, -0.2) is 79.0 Å². The molecule has 0 radical (unpaired) electrons. The summed E-state index contributed by atoms with van der Waals surface area (Å²) in [6.07, 6.45) is 14.9. The molecule has 0 unspecified atom stereocenters. The Kier molecular flexibility index (Phi) is 11.9. The van der Waals surface area contributed by atoms with Gasteiger partial charge in [-0.15, -0.1) is 0 Å². The number of hydrogen-bond donors (Lipinski definition) is 1. The molecule has 4 aliphatic rings. The Labute approximate surface area is 252 Å². The highest BCUT2D eigenvalue weighted by Gasteiger charge is 2.60. The Balaban J connectivity index is 1.50. The predicted molar refractivity (Wildman–Crippen MR) is 160 cm³/mol. The number of hydrogen-bond acceptors (Lipinski definition) is 6. The molecule has 1 N–H and O–H groups in total. The highest BCUT2D eigenvalue weighted by atomic mass is 16.5. The summed E-state index contributed by atoms with van der Waals surface area (Å²) in [7, 11) is 1.39. The van der Waals surface area contributed by atoms with E-state index < -0.39 is 23.4 Å². The SMILES string of the molecule is CCCCCCCCN1C(=O)[C@@H](CC(=O)NCCCN2CCCC2=O)C[C@@]2(C(=O)OC)C1=C[C@H](C1CCCC1)O[C@@H]2C. The topological polar surface area (TPSA) is 105 Å². The largest absolute Gasteiger partial charge is 0.468 e. The van der Waals surface area contributed by atoms with Gasteiger partial charge in [0.15, 0.2) is 0 Å². The molecule has 0 aromatic carbocycles. The molecule has 0 spiro atoms. The Bertz CT molecular complexity index is 992. The van der Waals surface area contributed by atoms with Crippen molar-refractivity contribution < 1.29 is 28.7 Å². The summed E-state index contributed by atoms with van der Waals surface area (Å²) < 4.78 is 12.0. The number of carbonyl (C=O) groups excluding carboxylic acids is 4. The second-order valence-electron chi connectivity index (χ2n) is 12.9. The van der Waals surface area contributed by atoms with E-state index in [9.17, 15) is 19.2 Å². The number of nitrogens with zero attached hydrogens (tertiary/aromatic N) is 2. The van der Waals surface area contributed by atoms with E-state index in [0.29, 0.717) is 38.4 Å². The maximum atomic E-state index is 14.1. The molecule has 4 atom stereocenters. The number of ether oxygens (including phenoxy) is 2. The van der Waals surface area contributed by atoms with Gasteiger partial charge in [0.25, 0.3) is 0 Å². The van der Waals surface area contributed by atoms with E-state index in [2.05, 4.69) is 18.3 Å². The number of esters is 1. The first-order chi connectivity index (χ1) is 20.3. The minimum Gasteiger partial charge on any atom is -0.468 e. The summed E-state index contributed by atoms with van der Waals surface area (Å²) in [6.45, 7) is 6.52. The van der Waals surface area contributed by atoms with Crippen LogP contribution in [0.25, 0.3) is 0 Å². The minimum absolute atomic E-state index is 0.0132. The second-order valence-corrected chi connectivity index (χ2v) is 12.9. The van der Waals surface area contributed by atoms with Gasteiger partial charge in [-0.1, -0.05) is 51.9 Å². The molecule has 3 fully saturated rings. The van der Waals surface area contributed by atoms with Crippen LogP contribution in [0, 0.1) is 17.3 Å². The van der Waals surface area contributed by atoms with E-state index in [1.54, 1.807) is 0 Å². The number of likely N-dealkylation sites (tertiary alicyclic amines) is 2. The average Bonchev–Trinajstić information content (AvgIpc) is 3.66. The molecule has 236 valence electrons. The summed E-state index contributed by atoms with van der Waals surface area (Å²) in [5, 5.41) is 2.95. The van der Waals surface area contributed by atoms with Crippen LogP contribution in [-0.2, 0) is 28.7 Å². The zero-order chi connectivity index (χ0) is 30.1. The van der Waals surface area contributed by atoms with Gasteiger partial charge in [-0.2, -0.15) is 0 Å². The van der Waals surface area contributed by atoms with E-state index in [1.807, 2.05) is 16.7 Å². The van der Waals surface area contributed by atoms with Crippen molar-refractivity contribution in [2.45, 2.75) is 122 Å².